The lowest BCUT2D eigenvalue weighted by atomic mass is 10.1. The molecule has 0 aliphatic heterocycles. The second-order valence-corrected chi connectivity index (χ2v) is 4.82. The number of aromatic nitrogens is 2. The molecule has 0 unspecified atom stereocenters. The van der Waals surface area contributed by atoms with Crippen molar-refractivity contribution < 1.29 is 0 Å². The van der Waals surface area contributed by atoms with Crippen LogP contribution in [0.15, 0.2) is 48.5 Å². The molecule has 0 saturated heterocycles. The molecule has 1 aromatic heterocycles. The van der Waals surface area contributed by atoms with E-state index in [-0.39, 0.29) is 0 Å². The Balaban J connectivity index is 1.99. The smallest absolute Gasteiger partial charge is 0.114 e. The molecular weight excluding hydrogens is 244 g/mol. The van der Waals surface area contributed by atoms with Gasteiger partial charge < -0.3 is 4.57 Å². The Labute approximate surface area is 111 Å². The Morgan fingerprint density at radius 3 is 2.50 bits per heavy atom. The highest BCUT2D eigenvalue weighted by molar-refractivity contribution is 6.30. The van der Waals surface area contributed by atoms with Gasteiger partial charge in [-0.25, -0.2) is 4.98 Å². The molecule has 0 bridgehead atoms. The van der Waals surface area contributed by atoms with E-state index in [9.17, 15) is 0 Å². The van der Waals surface area contributed by atoms with Gasteiger partial charge in [0.15, 0.2) is 0 Å². The third kappa shape index (κ3) is 2.00. The van der Waals surface area contributed by atoms with Crippen molar-refractivity contribution in [3.05, 3.63) is 64.9 Å². The van der Waals surface area contributed by atoms with Crippen molar-refractivity contribution in [2.24, 2.45) is 7.05 Å². The molecule has 3 rings (SSSR count). The van der Waals surface area contributed by atoms with Gasteiger partial charge in [0, 0.05) is 18.5 Å². The van der Waals surface area contributed by atoms with Crippen LogP contribution < -0.4 is 0 Å². The lowest BCUT2D eigenvalue weighted by molar-refractivity contribution is 0.845. The third-order valence-corrected chi connectivity index (χ3v) is 3.41. The number of rotatable bonds is 2. The average molecular weight is 257 g/mol. The molecular formula is C15H13ClN2. The Bertz CT molecular complexity index is 683. The highest BCUT2D eigenvalue weighted by atomic mass is 35.5. The molecule has 2 aromatic carbocycles. The summed E-state index contributed by atoms with van der Waals surface area (Å²) in [7, 11) is 2.06. The number of fused-ring (bicyclic) bond motifs is 1. The number of nitrogens with zero attached hydrogens (tertiary/aromatic N) is 2. The van der Waals surface area contributed by atoms with Gasteiger partial charge in [0.1, 0.15) is 5.82 Å². The highest BCUT2D eigenvalue weighted by Gasteiger charge is 2.07. The van der Waals surface area contributed by atoms with Crippen molar-refractivity contribution in [3.8, 4) is 0 Å². The van der Waals surface area contributed by atoms with Gasteiger partial charge in [0.2, 0.25) is 0 Å². The molecule has 3 aromatic rings. The summed E-state index contributed by atoms with van der Waals surface area (Å²) in [5, 5.41) is 0.767. The number of benzene rings is 2. The van der Waals surface area contributed by atoms with E-state index in [4.69, 9.17) is 11.6 Å². The predicted octanol–water partition coefficient (Wildman–Crippen LogP) is 3.82. The van der Waals surface area contributed by atoms with E-state index >= 15 is 0 Å². The monoisotopic (exact) mass is 256 g/mol. The summed E-state index contributed by atoms with van der Waals surface area (Å²) < 4.78 is 2.14. The Hall–Kier alpha value is -1.80. The van der Waals surface area contributed by atoms with E-state index in [2.05, 4.69) is 22.7 Å². The molecule has 0 amide bonds. The predicted molar refractivity (Wildman–Crippen MR) is 75.0 cm³/mol. The summed E-state index contributed by atoms with van der Waals surface area (Å²) in [6, 6.07) is 16.1. The van der Waals surface area contributed by atoms with Crippen molar-refractivity contribution in [2.75, 3.05) is 0 Å². The molecule has 2 nitrogen and oxygen atoms in total. The second kappa shape index (κ2) is 4.46. The first-order valence-corrected chi connectivity index (χ1v) is 6.26. The van der Waals surface area contributed by atoms with Crippen molar-refractivity contribution in [2.45, 2.75) is 6.42 Å². The fourth-order valence-electron chi connectivity index (χ4n) is 2.14. The molecule has 3 heteroatoms. The molecule has 18 heavy (non-hydrogen) atoms. The maximum absolute atomic E-state index is 5.89. The van der Waals surface area contributed by atoms with E-state index in [1.54, 1.807) is 0 Å². The molecule has 0 N–H and O–H groups in total. The van der Waals surface area contributed by atoms with Gasteiger partial charge in [-0.2, -0.15) is 0 Å². The molecule has 90 valence electrons. The molecule has 0 fully saturated rings. The lowest BCUT2D eigenvalue weighted by Gasteiger charge is -2.02. The maximum atomic E-state index is 5.89. The number of imidazole rings is 1. The van der Waals surface area contributed by atoms with Gasteiger partial charge in [-0.1, -0.05) is 35.9 Å². The van der Waals surface area contributed by atoms with Crippen LogP contribution in [0.5, 0.6) is 0 Å². The first kappa shape index (κ1) is 11.3. The van der Waals surface area contributed by atoms with Crippen molar-refractivity contribution in [1.29, 1.82) is 0 Å². The molecule has 0 saturated carbocycles. The van der Waals surface area contributed by atoms with Crippen LogP contribution in [0, 0.1) is 0 Å². The molecule has 0 aliphatic rings. The van der Waals surface area contributed by atoms with Crippen molar-refractivity contribution in [1.82, 2.24) is 9.55 Å². The minimum absolute atomic E-state index is 0.767. The summed E-state index contributed by atoms with van der Waals surface area (Å²) in [6.07, 6.45) is 0.822. The van der Waals surface area contributed by atoms with Crippen molar-refractivity contribution >= 4 is 22.6 Å². The van der Waals surface area contributed by atoms with Crippen LogP contribution in [0.3, 0.4) is 0 Å². The van der Waals surface area contributed by atoms with E-state index in [1.165, 1.54) is 11.1 Å². The number of aryl methyl sites for hydroxylation is 1. The quantitative estimate of drug-likeness (QED) is 0.682. The van der Waals surface area contributed by atoms with Gasteiger partial charge in [-0.3, -0.25) is 0 Å². The normalized spacial score (nSPS) is 11.0. The average Bonchev–Trinajstić information content (AvgIpc) is 2.70. The Morgan fingerprint density at radius 2 is 1.78 bits per heavy atom. The number of para-hydroxylation sites is 2. The van der Waals surface area contributed by atoms with E-state index in [1.807, 2.05) is 42.5 Å². The summed E-state index contributed by atoms with van der Waals surface area (Å²) in [4.78, 5) is 4.66. The van der Waals surface area contributed by atoms with Gasteiger partial charge in [0.25, 0.3) is 0 Å². The molecule has 1 heterocycles. The first-order chi connectivity index (χ1) is 8.74. The van der Waals surface area contributed by atoms with Gasteiger partial charge >= 0.3 is 0 Å². The van der Waals surface area contributed by atoms with Crippen LogP contribution in [-0.2, 0) is 13.5 Å². The minimum atomic E-state index is 0.767. The van der Waals surface area contributed by atoms with Crippen LogP contribution >= 0.6 is 11.6 Å². The molecule has 0 radical (unpaired) electrons. The number of halogens is 1. The Kier molecular flexibility index (Phi) is 2.80. The highest BCUT2D eigenvalue weighted by Crippen LogP contribution is 2.18. The van der Waals surface area contributed by atoms with Crippen LogP contribution in [0.4, 0.5) is 0 Å². The third-order valence-electron chi connectivity index (χ3n) is 3.16. The number of hydrogen-bond acceptors (Lipinski definition) is 1. The van der Waals surface area contributed by atoms with Crippen molar-refractivity contribution in [3.63, 3.8) is 0 Å². The zero-order valence-corrected chi connectivity index (χ0v) is 10.9. The molecule has 0 aliphatic carbocycles. The topological polar surface area (TPSA) is 17.8 Å². The van der Waals surface area contributed by atoms with E-state index < -0.39 is 0 Å². The summed E-state index contributed by atoms with van der Waals surface area (Å²) in [6.45, 7) is 0. The standard InChI is InChI=1S/C15H13ClN2/c1-18-14-5-3-2-4-13(14)17-15(18)10-11-6-8-12(16)9-7-11/h2-9H,10H2,1H3. The molecule has 0 spiro atoms. The fraction of sp³-hybridized carbons (Fsp3) is 0.133. The van der Waals surface area contributed by atoms with Crippen LogP contribution in [0.2, 0.25) is 5.02 Å². The van der Waals surface area contributed by atoms with Crippen LogP contribution in [-0.4, -0.2) is 9.55 Å². The summed E-state index contributed by atoms with van der Waals surface area (Å²) >= 11 is 5.89. The molecule has 0 atom stereocenters. The largest absolute Gasteiger partial charge is 0.331 e. The van der Waals surface area contributed by atoms with Gasteiger partial charge in [0.05, 0.1) is 11.0 Å². The minimum Gasteiger partial charge on any atom is -0.331 e. The van der Waals surface area contributed by atoms with E-state index in [0.717, 1.165) is 22.8 Å². The van der Waals surface area contributed by atoms with E-state index in [0.29, 0.717) is 0 Å². The first-order valence-electron chi connectivity index (χ1n) is 5.89. The summed E-state index contributed by atoms with van der Waals surface area (Å²) in [5.41, 5.74) is 3.43. The van der Waals surface area contributed by atoms with Gasteiger partial charge in [-0.15, -0.1) is 0 Å². The lowest BCUT2D eigenvalue weighted by Crippen LogP contribution is -1.98. The summed E-state index contributed by atoms with van der Waals surface area (Å²) in [5.74, 6) is 1.07. The van der Waals surface area contributed by atoms with Crippen LogP contribution in [0.25, 0.3) is 11.0 Å². The SMILES string of the molecule is Cn1c(Cc2ccc(Cl)cc2)nc2ccccc21. The Morgan fingerprint density at radius 1 is 1.06 bits per heavy atom. The zero-order valence-electron chi connectivity index (χ0n) is 10.1. The number of hydrogen-bond donors (Lipinski definition) is 0. The second-order valence-electron chi connectivity index (χ2n) is 4.38. The maximum Gasteiger partial charge on any atom is 0.114 e. The van der Waals surface area contributed by atoms with Gasteiger partial charge in [-0.05, 0) is 29.8 Å². The zero-order chi connectivity index (χ0) is 12.5. The fourth-order valence-corrected chi connectivity index (χ4v) is 2.26. The van der Waals surface area contributed by atoms with Crippen LogP contribution in [0.1, 0.15) is 11.4 Å².